The maximum Gasteiger partial charge on any atom is 0.163 e. The third-order valence-corrected chi connectivity index (χ3v) is 12.0. The second kappa shape index (κ2) is 13.6. The van der Waals surface area contributed by atoms with Crippen molar-refractivity contribution in [3.63, 3.8) is 0 Å². The van der Waals surface area contributed by atoms with E-state index in [0.29, 0.717) is 17.5 Å². The van der Waals surface area contributed by atoms with Crippen LogP contribution in [0.1, 0.15) is 39.2 Å². The Morgan fingerprint density at radius 1 is 0.390 bits per heavy atom. The number of pyridine rings is 1. The Labute approximate surface area is 343 Å². The summed E-state index contributed by atoms with van der Waals surface area (Å²) >= 11 is 0. The highest BCUT2D eigenvalue weighted by Crippen LogP contribution is 2.62. The molecular weight excluding hydrogens is 721 g/mol. The monoisotopic (exact) mass is 758 g/mol. The van der Waals surface area contributed by atoms with Gasteiger partial charge in [0.15, 0.2) is 11.6 Å². The Hall–Kier alpha value is -7.50. The number of benzene rings is 7. The largest absolute Gasteiger partial charge is 0.457 e. The number of nitrogens with zero attached hydrogens (tertiary/aromatic N) is 4. The van der Waals surface area contributed by atoms with Gasteiger partial charge in [0.05, 0.1) is 5.41 Å². The Kier molecular flexibility index (Phi) is 7.99. The molecule has 11 rings (SSSR count). The summed E-state index contributed by atoms with van der Waals surface area (Å²) in [6, 6.07) is 58.5. The first-order valence-corrected chi connectivity index (χ1v) is 20.0. The summed E-state index contributed by atoms with van der Waals surface area (Å²) in [5, 5.41) is 0. The van der Waals surface area contributed by atoms with Crippen LogP contribution in [0, 0.1) is 20.8 Å². The average molecular weight is 759 g/mol. The van der Waals surface area contributed by atoms with Crippen molar-refractivity contribution in [3.8, 4) is 78.8 Å². The molecule has 0 fully saturated rings. The van der Waals surface area contributed by atoms with Crippen LogP contribution in [-0.2, 0) is 5.41 Å². The summed E-state index contributed by atoms with van der Waals surface area (Å²) in [6.07, 6.45) is 3.88. The highest BCUT2D eigenvalue weighted by molar-refractivity contribution is 5.90. The minimum absolute atomic E-state index is 0.638. The van der Waals surface area contributed by atoms with E-state index in [0.717, 1.165) is 50.4 Å². The minimum Gasteiger partial charge on any atom is -0.457 e. The molecule has 0 saturated carbocycles. The van der Waals surface area contributed by atoms with Crippen LogP contribution >= 0.6 is 0 Å². The maximum atomic E-state index is 6.92. The highest BCUT2D eigenvalue weighted by atomic mass is 16.5. The lowest BCUT2D eigenvalue weighted by Gasteiger charge is -2.39. The Bertz CT molecular complexity index is 3120. The molecular formula is C54H38N4O. The van der Waals surface area contributed by atoms with Crippen molar-refractivity contribution < 1.29 is 4.74 Å². The third kappa shape index (κ3) is 5.53. The molecule has 0 saturated heterocycles. The quantitative estimate of drug-likeness (QED) is 0.175. The van der Waals surface area contributed by atoms with Gasteiger partial charge in [-0.15, -0.1) is 0 Å². The highest BCUT2D eigenvalue weighted by Gasteiger charge is 2.51. The molecule has 0 radical (unpaired) electrons. The SMILES string of the molecule is Cc1nc(-c2ccccc2)nc(-c2ccc3c(c2)C2(c4ccccc4Oc4cc(-c5cccc(-c6cccc(-c7c(C)cncc7C)c6)c5)ccc42)c2ccccc2-3)n1. The van der Waals surface area contributed by atoms with Crippen LogP contribution < -0.4 is 4.74 Å². The lowest BCUT2D eigenvalue weighted by Crippen LogP contribution is -2.32. The average Bonchev–Trinajstić information content (AvgIpc) is 3.56. The van der Waals surface area contributed by atoms with Crippen molar-refractivity contribution in [2.24, 2.45) is 0 Å². The zero-order valence-electron chi connectivity index (χ0n) is 32.9. The minimum atomic E-state index is -0.638. The van der Waals surface area contributed by atoms with Crippen LogP contribution in [0.4, 0.5) is 0 Å². The second-order valence-corrected chi connectivity index (χ2v) is 15.6. The predicted molar refractivity (Wildman–Crippen MR) is 236 cm³/mol. The maximum absolute atomic E-state index is 6.92. The summed E-state index contributed by atoms with van der Waals surface area (Å²) in [7, 11) is 0. The van der Waals surface area contributed by atoms with E-state index < -0.39 is 5.41 Å². The number of para-hydroxylation sites is 1. The van der Waals surface area contributed by atoms with Crippen molar-refractivity contribution in [1.29, 1.82) is 0 Å². The molecule has 1 atom stereocenters. The topological polar surface area (TPSA) is 60.8 Å². The van der Waals surface area contributed by atoms with Crippen molar-refractivity contribution in [2.45, 2.75) is 26.2 Å². The van der Waals surface area contributed by atoms with Crippen LogP contribution in [0.2, 0.25) is 0 Å². The number of fused-ring (bicyclic) bond motifs is 9. The van der Waals surface area contributed by atoms with Crippen LogP contribution in [0.5, 0.6) is 11.5 Å². The van der Waals surface area contributed by atoms with Gasteiger partial charge in [-0.1, -0.05) is 133 Å². The van der Waals surface area contributed by atoms with Crippen LogP contribution in [-0.4, -0.2) is 19.9 Å². The fourth-order valence-corrected chi connectivity index (χ4v) is 9.44. The Morgan fingerprint density at radius 3 is 1.71 bits per heavy atom. The van der Waals surface area contributed by atoms with Gasteiger partial charge in [-0.25, -0.2) is 15.0 Å². The summed E-state index contributed by atoms with van der Waals surface area (Å²) in [4.78, 5) is 19.0. The number of aryl methyl sites for hydroxylation is 3. The molecule has 0 amide bonds. The number of hydrogen-bond donors (Lipinski definition) is 0. The van der Waals surface area contributed by atoms with Gasteiger partial charge in [-0.3, -0.25) is 4.98 Å². The number of ether oxygens (including phenoxy) is 1. The summed E-state index contributed by atoms with van der Waals surface area (Å²) in [6.45, 7) is 6.19. The molecule has 0 N–H and O–H groups in total. The fourth-order valence-electron chi connectivity index (χ4n) is 9.44. The lowest BCUT2D eigenvalue weighted by atomic mass is 9.65. The van der Waals surface area contributed by atoms with E-state index in [9.17, 15) is 0 Å². The van der Waals surface area contributed by atoms with Gasteiger partial charge in [-0.05, 0) is 118 Å². The zero-order chi connectivity index (χ0) is 39.7. The molecule has 2 aliphatic rings. The van der Waals surface area contributed by atoms with Crippen LogP contribution in [0.25, 0.3) is 67.3 Å². The van der Waals surface area contributed by atoms with Gasteiger partial charge in [0.2, 0.25) is 0 Å². The fraction of sp³-hybridized carbons (Fsp3) is 0.0741. The van der Waals surface area contributed by atoms with E-state index in [1.165, 1.54) is 50.1 Å². The summed E-state index contributed by atoms with van der Waals surface area (Å²) < 4.78 is 6.92. The summed E-state index contributed by atoms with van der Waals surface area (Å²) in [5.74, 6) is 3.68. The molecule has 5 nitrogen and oxygen atoms in total. The molecule has 1 unspecified atom stereocenters. The smallest absolute Gasteiger partial charge is 0.163 e. The van der Waals surface area contributed by atoms with Gasteiger partial charge < -0.3 is 4.74 Å². The van der Waals surface area contributed by atoms with Gasteiger partial charge in [0.25, 0.3) is 0 Å². The van der Waals surface area contributed by atoms with E-state index in [1.807, 2.05) is 49.6 Å². The van der Waals surface area contributed by atoms with Crippen molar-refractivity contribution in [2.75, 3.05) is 0 Å². The Balaban J connectivity index is 1.06. The van der Waals surface area contributed by atoms with E-state index in [4.69, 9.17) is 19.7 Å². The van der Waals surface area contributed by atoms with E-state index in [-0.39, 0.29) is 0 Å². The molecule has 280 valence electrons. The van der Waals surface area contributed by atoms with Gasteiger partial charge in [0.1, 0.15) is 17.3 Å². The first-order chi connectivity index (χ1) is 29.0. The van der Waals surface area contributed by atoms with Crippen molar-refractivity contribution in [3.05, 3.63) is 215 Å². The number of aromatic nitrogens is 4. The molecule has 2 aromatic heterocycles. The summed E-state index contributed by atoms with van der Waals surface area (Å²) in [5.41, 5.74) is 17.6. The molecule has 1 spiro atoms. The van der Waals surface area contributed by atoms with Crippen LogP contribution in [0.3, 0.4) is 0 Å². The molecule has 9 aromatic rings. The van der Waals surface area contributed by atoms with Crippen molar-refractivity contribution in [1.82, 2.24) is 19.9 Å². The second-order valence-electron chi connectivity index (χ2n) is 15.6. The van der Waals surface area contributed by atoms with Gasteiger partial charge >= 0.3 is 0 Å². The number of hydrogen-bond acceptors (Lipinski definition) is 5. The normalized spacial score (nSPS) is 14.6. The van der Waals surface area contributed by atoms with Gasteiger partial charge in [0, 0.05) is 34.6 Å². The third-order valence-electron chi connectivity index (χ3n) is 12.0. The first-order valence-electron chi connectivity index (χ1n) is 20.0. The molecule has 0 bridgehead atoms. The molecule has 5 heteroatoms. The van der Waals surface area contributed by atoms with Crippen LogP contribution in [0.15, 0.2) is 176 Å². The van der Waals surface area contributed by atoms with Gasteiger partial charge in [-0.2, -0.15) is 0 Å². The predicted octanol–water partition coefficient (Wildman–Crippen LogP) is 13.0. The Morgan fingerprint density at radius 2 is 0.949 bits per heavy atom. The first kappa shape index (κ1) is 34.7. The molecule has 59 heavy (non-hydrogen) atoms. The molecule has 1 aliphatic carbocycles. The van der Waals surface area contributed by atoms with Crippen molar-refractivity contribution >= 4 is 0 Å². The standard InChI is InChI=1S/C54H38N4O/c1-33-31-55-32-34(2)51(33)41-18-12-17-39(28-41)37-15-11-16-38(27-37)40-24-26-47-50(30-40)59-49-22-10-9-21-46(49)54(47)45-20-8-7-19-43(45)44-25-23-42(29-48(44)54)53-57-35(3)56-52(58-53)36-13-5-4-6-14-36/h4-32H,1-3H3. The molecule has 7 aromatic carbocycles. The number of rotatable bonds is 5. The van der Waals surface area contributed by atoms with E-state index >= 15 is 0 Å². The van der Waals surface area contributed by atoms with E-state index in [1.54, 1.807) is 0 Å². The molecule has 1 aliphatic heterocycles. The molecule has 3 heterocycles. The van der Waals surface area contributed by atoms with E-state index in [2.05, 4.69) is 152 Å². The zero-order valence-corrected chi connectivity index (χ0v) is 32.9. The lowest BCUT2D eigenvalue weighted by molar-refractivity contribution is 0.436.